The maximum absolute atomic E-state index is 5.81. The van der Waals surface area contributed by atoms with E-state index in [2.05, 4.69) is 22.6 Å². The Kier molecular flexibility index (Phi) is 4.59. The van der Waals surface area contributed by atoms with E-state index in [9.17, 15) is 0 Å². The first kappa shape index (κ1) is 13.8. The molecule has 18 heavy (non-hydrogen) atoms. The average molecular weight is 273 g/mol. The van der Waals surface area contributed by atoms with Crippen LogP contribution in [-0.4, -0.2) is 34.8 Å². The fourth-order valence-electron chi connectivity index (χ4n) is 2.42. The van der Waals surface area contributed by atoms with Crippen molar-refractivity contribution in [2.24, 2.45) is 5.92 Å². The van der Waals surface area contributed by atoms with Crippen molar-refractivity contribution in [3.63, 3.8) is 0 Å². The van der Waals surface area contributed by atoms with E-state index in [1.54, 1.807) is 0 Å². The summed E-state index contributed by atoms with van der Waals surface area (Å²) in [5, 5.41) is 11.8. The zero-order valence-electron chi connectivity index (χ0n) is 10.8. The average Bonchev–Trinajstić information content (AvgIpc) is 3.07. The van der Waals surface area contributed by atoms with Crippen LogP contribution in [0.15, 0.2) is 0 Å². The molecule has 2 heterocycles. The zero-order valence-corrected chi connectivity index (χ0v) is 11.6. The molecule has 1 fully saturated rings. The van der Waals surface area contributed by atoms with E-state index in [1.165, 1.54) is 18.5 Å². The SMILES string of the molecule is CCn1nnc2c1C(COCC1CC1)CNC2.Cl. The monoisotopic (exact) mass is 272 g/mol. The van der Waals surface area contributed by atoms with E-state index in [4.69, 9.17) is 4.74 Å². The van der Waals surface area contributed by atoms with E-state index >= 15 is 0 Å². The van der Waals surface area contributed by atoms with Crippen LogP contribution in [0.1, 0.15) is 37.1 Å². The Morgan fingerprint density at radius 1 is 1.39 bits per heavy atom. The third kappa shape index (κ3) is 2.84. The number of rotatable bonds is 5. The third-order valence-corrected chi connectivity index (χ3v) is 3.59. The Balaban J connectivity index is 0.00000120. The zero-order chi connectivity index (χ0) is 11.7. The Morgan fingerprint density at radius 2 is 2.22 bits per heavy atom. The number of hydrogen-bond donors (Lipinski definition) is 1. The van der Waals surface area contributed by atoms with Crippen LogP contribution in [0.25, 0.3) is 0 Å². The number of hydrogen-bond acceptors (Lipinski definition) is 4. The Labute approximate surface area is 114 Å². The lowest BCUT2D eigenvalue weighted by molar-refractivity contribution is 0.106. The van der Waals surface area contributed by atoms with Gasteiger partial charge in [-0.25, -0.2) is 4.68 Å². The van der Waals surface area contributed by atoms with Gasteiger partial charge in [-0.05, 0) is 25.7 Å². The smallest absolute Gasteiger partial charge is 0.100 e. The van der Waals surface area contributed by atoms with Gasteiger partial charge in [0.05, 0.1) is 12.3 Å². The largest absolute Gasteiger partial charge is 0.380 e. The molecule has 2 aliphatic rings. The van der Waals surface area contributed by atoms with Crippen molar-refractivity contribution in [1.82, 2.24) is 20.3 Å². The molecule has 6 heteroatoms. The van der Waals surface area contributed by atoms with E-state index in [-0.39, 0.29) is 12.4 Å². The summed E-state index contributed by atoms with van der Waals surface area (Å²) in [6, 6.07) is 0. The molecular formula is C12H21ClN4O. The predicted molar refractivity (Wildman–Crippen MR) is 70.9 cm³/mol. The minimum atomic E-state index is 0. The van der Waals surface area contributed by atoms with Crippen molar-refractivity contribution >= 4 is 12.4 Å². The maximum Gasteiger partial charge on any atom is 0.100 e. The second kappa shape index (κ2) is 5.99. The third-order valence-electron chi connectivity index (χ3n) is 3.59. The van der Waals surface area contributed by atoms with Crippen LogP contribution >= 0.6 is 12.4 Å². The van der Waals surface area contributed by atoms with Crippen molar-refractivity contribution in [3.8, 4) is 0 Å². The molecule has 1 aliphatic heterocycles. The van der Waals surface area contributed by atoms with Crippen molar-refractivity contribution in [2.75, 3.05) is 19.8 Å². The molecule has 0 amide bonds. The van der Waals surface area contributed by atoms with Crippen molar-refractivity contribution in [3.05, 3.63) is 11.4 Å². The summed E-state index contributed by atoms with van der Waals surface area (Å²) in [6.45, 7) is 6.55. The number of aromatic nitrogens is 3. The normalized spacial score (nSPS) is 22.4. The van der Waals surface area contributed by atoms with Crippen molar-refractivity contribution < 1.29 is 4.74 Å². The Hall–Kier alpha value is -0.650. The van der Waals surface area contributed by atoms with Gasteiger partial charge in [0.25, 0.3) is 0 Å². The molecule has 1 atom stereocenters. The fourth-order valence-corrected chi connectivity index (χ4v) is 2.42. The lowest BCUT2D eigenvalue weighted by Gasteiger charge is -2.23. The molecule has 0 spiro atoms. The van der Waals surface area contributed by atoms with Crippen molar-refractivity contribution in [1.29, 1.82) is 0 Å². The molecule has 5 nitrogen and oxygen atoms in total. The lowest BCUT2D eigenvalue weighted by Crippen LogP contribution is -2.32. The lowest BCUT2D eigenvalue weighted by atomic mass is 10.0. The number of ether oxygens (including phenoxy) is 1. The first-order valence-corrected chi connectivity index (χ1v) is 6.59. The summed E-state index contributed by atoms with van der Waals surface area (Å²) in [7, 11) is 0. The van der Waals surface area contributed by atoms with Gasteiger partial charge in [0.15, 0.2) is 0 Å². The van der Waals surface area contributed by atoms with Crippen LogP contribution in [0.4, 0.5) is 0 Å². The van der Waals surface area contributed by atoms with Gasteiger partial charge in [-0.15, -0.1) is 17.5 Å². The van der Waals surface area contributed by atoms with E-state index in [0.717, 1.165) is 44.5 Å². The molecule has 0 bridgehead atoms. The Morgan fingerprint density at radius 3 is 2.94 bits per heavy atom. The second-order valence-corrected chi connectivity index (χ2v) is 5.05. The summed E-state index contributed by atoms with van der Waals surface area (Å²) >= 11 is 0. The number of halogens is 1. The van der Waals surface area contributed by atoms with E-state index < -0.39 is 0 Å². The van der Waals surface area contributed by atoms with Gasteiger partial charge >= 0.3 is 0 Å². The molecule has 3 rings (SSSR count). The topological polar surface area (TPSA) is 52.0 Å². The summed E-state index contributed by atoms with van der Waals surface area (Å²) < 4.78 is 7.83. The van der Waals surface area contributed by atoms with Crippen LogP contribution in [0.2, 0.25) is 0 Å². The number of nitrogens with zero attached hydrogens (tertiary/aromatic N) is 3. The summed E-state index contributed by atoms with van der Waals surface area (Å²) in [5.74, 6) is 1.24. The summed E-state index contributed by atoms with van der Waals surface area (Å²) in [6.07, 6.45) is 2.70. The van der Waals surface area contributed by atoms with Crippen LogP contribution in [0.5, 0.6) is 0 Å². The van der Waals surface area contributed by atoms with Crippen LogP contribution in [0, 0.1) is 5.92 Å². The van der Waals surface area contributed by atoms with Crippen LogP contribution in [0.3, 0.4) is 0 Å². The highest BCUT2D eigenvalue weighted by Crippen LogP contribution is 2.30. The van der Waals surface area contributed by atoms with Gasteiger partial charge in [0.1, 0.15) is 5.69 Å². The summed E-state index contributed by atoms with van der Waals surface area (Å²) in [5.41, 5.74) is 2.38. The highest BCUT2D eigenvalue weighted by molar-refractivity contribution is 5.85. The molecule has 102 valence electrons. The molecule has 1 aliphatic carbocycles. The molecule has 0 radical (unpaired) electrons. The quantitative estimate of drug-likeness (QED) is 0.879. The summed E-state index contributed by atoms with van der Waals surface area (Å²) in [4.78, 5) is 0. The first-order valence-electron chi connectivity index (χ1n) is 6.59. The van der Waals surface area contributed by atoms with Gasteiger partial charge in [-0.2, -0.15) is 0 Å². The van der Waals surface area contributed by atoms with Gasteiger partial charge < -0.3 is 10.1 Å². The molecule has 1 saturated carbocycles. The first-order chi connectivity index (χ1) is 8.38. The molecule has 1 unspecified atom stereocenters. The van der Waals surface area contributed by atoms with Crippen LogP contribution < -0.4 is 5.32 Å². The van der Waals surface area contributed by atoms with Gasteiger partial charge in [0.2, 0.25) is 0 Å². The molecule has 1 N–H and O–H groups in total. The predicted octanol–water partition coefficient (Wildman–Crippen LogP) is 1.33. The number of nitrogens with one attached hydrogen (secondary N) is 1. The highest BCUT2D eigenvalue weighted by Gasteiger charge is 2.27. The molecule has 0 saturated heterocycles. The highest BCUT2D eigenvalue weighted by atomic mass is 35.5. The number of fused-ring (bicyclic) bond motifs is 1. The molecule has 1 aromatic heterocycles. The standard InChI is InChI=1S/C12H20N4O.ClH/c1-2-16-12-10(8-17-7-9-3-4-9)5-13-6-11(12)14-15-16;/h9-10,13H,2-8H2,1H3;1H. The van der Waals surface area contributed by atoms with Gasteiger partial charge in [-0.1, -0.05) is 5.21 Å². The van der Waals surface area contributed by atoms with Crippen LogP contribution in [-0.2, 0) is 17.8 Å². The maximum atomic E-state index is 5.81. The number of aryl methyl sites for hydroxylation is 1. The van der Waals surface area contributed by atoms with Crippen molar-refractivity contribution in [2.45, 2.75) is 38.8 Å². The Bertz CT molecular complexity index is 378. The fraction of sp³-hybridized carbons (Fsp3) is 0.833. The minimum Gasteiger partial charge on any atom is -0.380 e. The minimum absolute atomic E-state index is 0. The van der Waals surface area contributed by atoms with Gasteiger partial charge in [-0.3, -0.25) is 0 Å². The molecule has 0 aromatic carbocycles. The molecular weight excluding hydrogens is 252 g/mol. The second-order valence-electron chi connectivity index (χ2n) is 5.05. The van der Waals surface area contributed by atoms with E-state index in [1.807, 2.05) is 4.68 Å². The van der Waals surface area contributed by atoms with E-state index in [0.29, 0.717) is 5.92 Å². The molecule has 1 aromatic rings. The van der Waals surface area contributed by atoms with Gasteiger partial charge in [0, 0.05) is 32.2 Å².